The van der Waals surface area contributed by atoms with Gasteiger partial charge < -0.3 is 19.5 Å². The van der Waals surface area contributed by atoms with E-state index in [4.69, 9.17) is 19.2 Å². The number of carbonyl (C=O) groups excluding carboxylic acids is 1. The molecular formula is C33H27FN4O4S2. The second kappa shape index (κ2) is 14.0. The Bertz CT molecular complexity index is 1800. The smallest absolute Gasteiger partial charge is 0.226 e. The number of hydrogen-bond acceptors (Lipinski definition) is 9. The Labute approximate surface area is 262 Å². The molecule has 0 radical (unpaired) electrons. The molecule has 2 aromatic heterocycles. The van der Waals surface area contributed by atoms with Crippen molar-refractivity contribution >= 4 is 34.1 Å². The molecule has 3 aromatic carbocycles. The molecule has 1 amide bonds. The van der Waals surface area contributed by atoms with Crippen LogP contribution < -0.4 is 19.5 Å². The Hall–Kier alpha value is -4.92. The molecule has 0 fully saturated rings. The van der Waals surface area contributed by atoms with Crippen molar-refractivity contribution in [3.63, 3.8) is 0 Å². The van der Waals surface area contributed by atoms with Crippen LogP contribution in [-0.4, -0.2) is 43.0 Å². The Morgan fingerprint density at radius 2 is 1.59 bits per heavy atom. The van der Waals surface area contributed by atoms with Gasteiger partial charge in [0, 0.05) is 34.2 Å². The van der Waals surface area contributed by atoms with Crippen LogP contribution in [-0.2, 0) is 4.79 Å². The number of methoxy groups -OCH3 is 3. The summed E-state index contributed by atoms with van der Waals surface area (Å²) in [5, 5.41) is 15.9. The summed E-state index contributed by atoms with van der Waals surface area (Å²) in [5.74, 6) is 1.18. The Morgan fingerprint density at radius 1 is 0.909 bits per heavy atom. The van der Waals surface area contributed by atoms with Crippen molar-refractivity contribution in [2.24, 2.45) is 0 Å². The lowest BCUT2D eigenvalue weighted by molar-refractivity contribution is -0.115. The predicted octanol–water partition coefficient (Wildman–Crippen LogP) is 7.70. The molecule has 0 atom stereocenters. The van der Waals surface area contributed by atoms with E-state index in [0.717, 1.165) is 11.1 Å². The predicted molar refractivity (Wildman–Crippen MR) is 171 cm³/mol. The zero-order valence-corrected chi connectivity index (χ0v) is 25.7. The van der Waals surface area contributed by atoms with E-state index < -0.39 is 0 Å². The van der Waals surface area contributed by atoms with Gasteiger partial charge in [-0.25, -0.2) is 14.4 Å². The number of thiazole rings is 1. The third kappa shape index (κ3) is 6.83. The number of carbonyl (C=O) groups is 1. The molecule has 0 aliphatic carbocycles. The number of amides is 1. The number of nitrogens with one attached hydrogen (secondary N) is 1. The number of aromatic nitrogens is 2. The van der Waals surface area contributed by atoms with Gasteiger partial charge in [0.2, 0.25) is 11.7 Å². The fourth-order valence-corrected chi connectivity index (χ4v) is 6.14. The van der Waals surface area contributed by atoms with E-state index in [1.165, 1.54) is 56.6 Å². The monoisotopic (exact) mass is 626 g/mol. The highest BCUT2D eigenvalue weighted by atomic mass is 32.2. The first-order valence-electron chi connectivity index (χ1n) is 13.4. The van der Waals surface area contributed by atoms with Crippen molar-refractivity contribution in [2.45, 2.75) is 11.4 Å². The van der Waals surface area contributed by atoms with Crippen LogP contribution in [0.1, 0.15) is 12.0 Å². The Morgan fingerprint density at radius 3 is 2.23 bits per heavy atom. The minimum absolute atomic E-state index is 0.164. The lowest BCUT2D eigenvalue weighted by Crippen LogP contribution is -2.12. The number of anilines is 1. The first-order chi connectivity index (χ1) is 21.4. The van der Waals surface area contributed by atoms with Crippen LogP contribution in [0.25, 0.3) is 33.6 Å². The molecule has 222 valence electrons. The summed E-state index contributed by atoms with van der Waals surface area (Å²) >= 11 is 2.62. The summed E-state index contributed by atoms with van der Waals surface area (Å²) in [7, 11) is 4.61. The van der Waals surface area contributed by atoms with Gasteiger partial charge in [-0.05, 0) is 48.0 Å². The maximum Gasteiger partial charge on any atom is 0.226 e. The van der Waals surface area contributed by atoms with E-state index in [0.29, 0.717) is 61.2 Å². The standard InChI is InChI=1S/C33H27FN4O4S2/c1-40-28-15-22(16-29(41-2)31(28)42-3)24-17-26(20-7-5-4-6-8-20)36-32(25(24)18-35)43-14-13-30(39)38-33-37-27(19-44-33)21-9-11-23(34)12-10-21/h4-12,15-17,19H,13-14H2,1-3H3,(H,37,38,39). The van der Waals surface area contributed by atoms with Gasteiger partial charge >= 0.3 is 0 Å². The highest BCUT2D eigenvalue weighted by molar-refractivity contribution is 7.99. The van der Waals surface area contributed by atoms with E-state index in [1.54, 1.807) is 29.6 Å². The molecule has 0 aliphatic heterocycles. The highest BCUT2D eigenvalue weighted by Gasteiger charge is 2.20. The van der Waals surface area contributed by atoms with Gasteiger partial charge in [-0.15, -0.1) is 23.1 Å². The van der Waals surface area contributed by atoms with Gasteiger partial charge in [0.1, 0.15) is 16.9 Å². The number of halogens is 1. The lowest BCUT2D eigenvalue weighted by atomic mass is 9.98. The van der Waals surface area contributed by atoms with Gasteiger partial charge in [0.05, 0.1) is 38.3 Å². The van der Waals surface area contributed by atoms with Crippen LogP contribution in [0.15, 0.2) is 83.2 Å². The van der Waals surface area contributed by atoms with E-state index in [-0.39, 0.29) is 18.1 Å². The van der Waals surface area contributed by atoms with Crippen LogP contribution in [0.5, 0.6) is 17.2 Å². The number of nitrogens with zero attached hydrogens (tertiary/aromatic N) is 3. The van der Waals surface area contributed by atoms with Crippen LogP contribution >= 0.6 is 23.1 Å². The normalized spacial score (nSPS) is 10.6. The minimum Gasteiger partial charge on any atom is -0.493 e. The second-order valence-corrected chi connectivity index (χ2v) is 11.3. The summed E-state index contributed by atoms with van der Waals surface area (Å²) in [4.78, 5) is 22.1. The van der Waals surface area contributed by atoms with Crippen LogP contribution in [0.3, 0.4) is 0 Å². The summed E-state index contributed by atoms with van der Waals surface area (Å²) < 4.78 is 29.9. The number of nitriles is 1. The molecule has 0 bridgehead atoms. The van der Waals surface area contributed by atoms with Crippen molar-refractivity contribution in [3.8, 4) is 57.0 Å². The van der Waals surface area contributed by atoms with Gasteiger partial charge in [-0.2, -0.15) is 5.26 Å². The number of ether oxygens (including phenoxy) is 3. The topological polar surface area (TPSA) is 106 Å². The minimum atomic E-state index is -0.325. The third-order valence-electron chi connectivity index (χ3n) is 6.60. The number of hydrogen-bond donors (Lipinski definition) is 1. The first-order valence-corrected chi connectivity index (χ1v) is 15.3. The van der Waals surface area contributed by atoms with Crippen molar-refractivity contribution in [3.05, 3.63) is 89.6 Å². The fourth-order valence-electron chi connectivity index (χ4n) is 4.46. The zero-order chi connectivity index (χ0) is 31.1. The highest BCUT2D eigenvalue weighted by Crippen LogP contribution is 2.43. The second-order valence-electron chi connectivity index (χ2n) is 9.32. The summed E-state index contributed by atoms with van der Waals surface area (Å²) in [6, 6.07) is 23.5. The molecule has 1 N–H and O–H groups in total. The van der Waals surface area contributed by atoms with Gasteiger partial charge in [-0.1, -0.05) is 30.3 Å². The van der Waals surface area contributed by atoms with Crippen molar-refractivity contribution in [1.29, 1.82) is 5.26 Å². The number of benzene rings is 3. The van der Waals surface area contributed by atoms with Crippen molar-refractivity contribution < 1.29 is 23.4 Å². The first kappa shape index (κ1) is 30.5. The molecule has 0 aliphatic rings. The third-order valence-corrected chi connectivity index (χ3v) is 8.34. The Balaban J connectivity index is 1.40. The maximum absolute atomic E-state index is 13.3. The summed E-state index contributed by atoms with van der Waals surface area (Å²) in [6.07, 6.45) is 0.164. The molecule has 0 saturated heterocycles. The van der Waals surface area contributed by atoms with Gasteiger partial charge in [0.15, 0.2) is 16.6 Å². The molecule has 2 heterocycles. The van der Waals surface area contributed by atoms with Crippen molar-refractivity contribution in [1.82, 2.24) is 9.97 Å². The average molecular weight is 627 g/mol. The maximum atomic E-state index is 13.3. The summed E-state index contributed by atoms with van der Waals surface area (Å²) in [5.41, 5.74) is 4.67. The molecular weight excluding hydrogens is 600 g/mol. The molecule has 44 heavy (non-hydrogen) atoms. The van der Waals surface area contributed by atoms with E-state index in [1.807, 2.05) is 36.4 Å². The lowest BCUT2D eigenvalue weighted by Gasteiger charge is -2.16. The van der Waals surface area contributed by atoms with Crippen molar-refractivity contribution in [2.75, 3.05) is 32.4 Å². The van der Waals surface area contributed by atoms with Gasteiger partial charge in [-0.3, -0.25) is 4.79 Å². The number of thioether (sulfide) groups is 1. The number of pyridine rings is 1. The van der Waals surface area contributed by atoms with E-state index in [9.17, 15) is 14.4 Å². The molecule has 5 rings (SSSR count). The SMILES string of the molecule is COc1cc(-c2cc(-c3ccccc3)nc(SCCC(=O)Nc3nc(-c4ccc(F)cc4)cs3)c2C#N)cc(OC)c1OC. The average Bonchev–Trinajstić information content (AvgIpc) is 3.52. The Kier molecular flexibility index (Phi) is 9.74. The van der Waals surface area contributed by atoms with E-state index in [2.05, 4.69) is 16.4 Å². The molecule has 8 nitrogen and oxygen atoms in total. The van der Waals surface area contributed by atoms with Crippen LogP contribution in [0.2, 0.25) is 0 Å². The van der Waals surface area contributed by atoms with Gasteiger partial charge in [0.25, 0.3) is 0 Å². The largest absolute Gasteiger partial charge is 0.493 e. The molecule has 5 aromatic rings. The van der Waals surface area contributed by atoms with Crippen LogP contribution in [0.4, 0.5) is 9.52 Å². The molecule has 11 heteroatoms. The zero-order valence-electron chi connectivity index (χ0n) is 24.1. The molecule has 0 unspecified atom stereocenters. The quantitative estimate of drug-likeness (QED) is 0.149. The van der Waals surface area contributed by atoms with Crippen LogP contribution in [0, 0.1) is 17.1 Å². The van der Waals surface area contributed by atoms with E-state index >= 15 is 0 Å². The molecule has 0 saturated carbocycles. The number of rotatable bonds is 11. The fraction of sp³-hybridized carbons (Fsp3) is 0.152. The molecule has 0 spiro atoms. The summed E-state index contributed by atoms with van der Waals surface area (Å²) in [6.45, 7) is 0.